The van der Waals surface area contributed by atoms with Crippen molar-refractivity contribution < 1.29 is 43.2 Å². The van der Waals surface area contributed by atoms with Gasteiger partial charge in [0, 0.05) is 105 Å². The molecular weight excluding hydrogens is 1030 g/mol. The van der Waals surface area contributed by atoms with Crippen LogP contribution in [0.5, 0.6) is 0 Å². The van der Waals surface area contributed by atoms with Gasteiger partial charge in [0.1, 0.15) is 30.0 Å². The summed E-state index contributed by atoms with van der Waals surface area (Å²) in [5, 5.41) is 17.3. The number of imidazole rings is 1. The van der Waals surface area contributed by atoms with Gasteiger partial charge in [-0.05, 0) is 74.6 Å². The molecule has 0 bridgehead atoms. The zero-order chi connectivity index (χ0) is 56.7. The van der Waals surface area contributed by atoms with Crippen molar-refractivity contribution in [3.05, 3.63) is 89.1 Å². The number of hydrogen-bond donors (Lipinski definition) is 13. The van der Waals surface area contributed by atoms with Crippen LogP contribution in [0, 0.1) is 11.8 Å². The number of Topliss-reactive ketones (excluding diaryl/α,β-unsaturated/α-hetero) is 2. The van der Waals surface area contributed by atoms with E-state index >= 15 is 0 Å². The van der Waals surface area contributed by atoms with Crippen LogP contribution in [0.1, 0.15) is 88.0 Å². The number of para-hydroxylation sites is 1. The first-order valence-electron chi connectivity index (χ1n) is 25.7. The highest BCUT2D eigenvalue weighted by Crippen LogP contribution is 2.27. The largest absolute Gasteiger partial charge is 0.370 e. The Bertz CT molecular complexity index is 2790. The molecule has 7 amide bonds. The fraction of sp³-hybridized carbons (Fsp3) is 0.462. The third-order valence-corrected chi connectivity index (χ3v) is 13.5. The molecule has 18 N–H and O–H groups in total. The molecule has 4 aromatic rings. The second-order valence-electron chi connectivity index (χ2n) is 19.2. The minimum atomic E-state index is -1.43. The minimum Gasteiger partial charge on any atom is -0.370 e. The third kappa shape index (κ3) is 19.7. The smallest absolute Gasteiger partial charge is 0.243 e. The van der Waals surface area contributed by atoms with Crippen molar-refractivity contribution in [2.75, 3.05) is 19.6 Å². The average Bonchev–Trinajstić information content (AvgIpc) is 4.07. The van der Waals surface area contributed by atoms with Crippen LogP contribution in [0.15, 0.2) is 77.2 Å². The van der Waals surface area contributed by atoms with Crippen molar-refractivity contribution in [3.63, 3.8) is 0 Å². The van der Waals surface area contributed by atoms with Crippen molar-refractivity contribution in [1.82, 2.24) is 46.9 Å². The molecule has 25 nitrogen and oxygen atoms in total. The Morgan fingerprint density at radius 1 is 0.756 bits per heavy atom. The lowest BCUT2D eigenvalue weighted by Crippen LogP contribution is -2.58. The molecule has 0 aliphatic carbocycles. The Balaban J connectivity index is 1.56. The number of aromatic amines is 2. The summed E-state index contributed by atoms with van der Waals surface area (Å²) in [6, 6.07) is 7.40. The monoisotopic (exact) mass is 1100 g/mol. The zero-order valence-electron chi connectivity index (χ0n) is 43.5. The molecule has 3 heterocycles. The lowest BCUT2D eigenvalue weighted by molar-refractivity contribution is -0.135. The predicted molar refractivity (Wildman–Crippen MR) is 291 cm³/mol. The normalized spacial score (nSPS) is 20.9. The molecule has 7 atom stereocenters. The predicted octanol–water partition coefficient (Wildman–Crippen LogP) is -0.550. The number of aliphatic imine (C=N–C) groups is 2. The third-order valence-electron chi connectivity index (χ3n) is 13.2. The highest BCUT2D eigenvalue weighted by molar-refractivity contribution is 6.31. The summed E-state index contributed by atoms with van der Waals surface area (Å²) in [6.07, 6.45) is 3.48. The summed E-state index contributed by atoms with van der Waals surface area (Å²) in [4.78, 5) is 144. The van der Waals surface area contributed by atoms with Gasteiger partial charge >= 0.3 is 0 Å². The van der Waals surface area contributed by atoms with E-state index in [4.69, 9.17) is 40.3 Å². The lowest BCUT2D eigenvalue weighted by Gasteiger charge is -2.27. The van der Waals surface area contributed by atoms with Gasteiger partial charge < -0.3 is 70.5 Å². The molecule has 0 radical (unpaired) electrons. The van der Waals surface area contributed by atoms with Crippen molar-refractivity contribution in [2.45, 2.75) is 121 Å². The van der Waals surface area contributed by atoms with E-state index in [0.29, 0.717) is 16.8 Å². The highest BCUT2D eigenvalue weighted by atomic mass is 35.5. The number of amides is 7. The van der Waals surface area contributed by atoms with E-state index in [1.54, 1.807) is 30.5 Å². The number of nitrogens with two attached hydrogens (primary N) is 5. The molecule has 0 unspecified atom stereocenters. The Morgan fingerprint density at radius 3 is 2.14 bits per heavy atom. The molecular formula is C52H71ClN16O9. The maximum Gasteiger partial charge on any atom is 0.243 e. The molecule has 420 valence electrons. The van der Waals surface area contributed by atoms with Crippen molar-refractivity contribution in [1.29, 1.82) is 0 Å². The number of ketones is 2. The van der Waals surface area contributed by atoms with Crippen LogP contribution in [0.2, 0.25) is 5.02 Å². The van der Waals surface area contributed by atoms with E-state index in [0.717, 1.165) is 10.9 Å². The quantitative estimate of drug-likeness (QED) is 0.0338. The summed E-state index contributed by atoms with van der Waals surface area (Å²) in [7, 11) is 0. The molecule has 1 aliphatic rings. The van der Waals surface area contributed by atoms with Gasteiger partial charge in [-0.3, -0.25) is 53.1 Å². The highest BCUT2D eigenvalue weighted by Gasteiger charge is 2.35. The van der Waals surface area contributed by atoms with Crippen LogP contribution in [-0.2, 0) is 62.4 Å². The van der Waals surface area contributed by atoms with E-state index in [2.05, 4.69) is 56.8 Å². The molecule has 1 aliphatic heterocycles. The number of carbonyl (C=O) groups is 9. The molecule has 5 rings (SSSR count). The van der Waals surface area contributed by atoms with Crippen LogP contribution in [0.25, 0.3) is 10.9 Å². The number of H-pyrrole nitrogens is 2. The number of benzene rings is 2. The van der Waals surface area contributed by atoms with Crippen LogP contribution in [-0.4, -0.2) is 130 Å². The van der Waals surface area contributed by atoms with Gasteiger partial charge in [0.2, 0.25) is 41.4 Å². The van der Waals surface area contributed by atoms with Crippen LogP contribution >= 0.6 is 11.6 Å². The van der Waals surface area contributed by atoms with E-state index in [9.17, 15) is 43.2 Å². The Hall–Kier alpha value is -8.35. The molecule has 1 fully saturated rings. The topological polar surface area (TPSA) is 425 Å². The first-order chi connectivity index (χ1) is 37.3. The van der Waals surface area contributed by atoms with Gasteiger partial charge in [-0.1, -0.05) is 48.0 Å². The standard InChI is InChI=1S/C52H71ClN16O9/c1-29(70)65-39(14-8-20-62-52(57)58)48(76)67-40-15-7-18-60-45(73)17-16-38(46(54)74)66-47(75)32(21-33-26-63-37-13-5-3-11-35(33)37)24-43(71)31(10-6-19-61-51(55)56)23-44(72)41(22-30-9-2-4-12-36(30)53)68-50(78)42(69-49(40)77)25-34-27-59-28-64-34/h2-5,9,11-13,26-28,31-32,38-42,63H,6-8,10,14-25H2,1H3,(H2,54,74)(H,59,64)(H,60,73)(H,65,70)(H,66,75)(H,67,76)(H,68,78)(H,69,77)(H4,55,56,61)(H4,57,58,62)/t31-,32-,38+,39-,40+,41-,42+/m1/s1. The van der Waals surface area contributed by atoms with E-state index in [1.807, 2.05) is 24.3 Å². The number of halogens is 1. The van der Waals surface area contributed by atoms with Crippen molar-refractivity contribution >= 4 is 87.3 Å². The Kier molecular flexibility index (Phi) is 23.6. The minimum absolute atomic E-state index is 0.0195. The van der Waals surface area contributed by atoms with Crippen LogP contribution < -0.4 is 60.6 Å². The number of guanidine groups is 2. The second kappa shape index (κ2) is 30.4. The number of aromatic nitrogens is 3. The molecule has 0 saturated carbocycles. The molecule has 1 saturated heterocycles. The summed E-state index contributed by atoms with van der Waals surface area (Å²) in [6.45, 7) is 1.41. The molecule has 0 spiro atoms. The van der Waals surface area contributed by atoms with E-state index in [-0.39, 0.29) is 107 Å². The first-order valence-corrected chi connectivity index (χ1v) is 26.1. The molecule has 26 heteroatoms. The van der Waals surface area contributed by atoms with Gasteiger partial charge in [-0.25, -0.2) is 4.98 Å². The number of nitrogens with zero attached hydrogens (tertiary/aromatic N) is 3. The average molecular weight is 1100 g/mol. The van der Waals surface area contributed by atoms with Gasteiger partial charge in [0.05, 0.1) is 12.4 Å². The number of fused-ring (bicyclic) bond motifs is 1. The lowest BCUT2D eigenvalue weighted by atomic mass is 9.83. The number of rotatable bonds is 18. The van der Waals surface area contributed by atoms with Crippen LogP contribution in [0.3, 0.4) is 0 Å². The van der Waals surface area contributed by atoms with E-state index in [1.165, 1.54) is 19.4 Å². The Labute approximate surface area is 455 Å². The maximum atomic E-state index is 14.9. The fourth-order valence-electron chi connectivity index (χ4n) is 9.07. The first kappa shape index (κ1) is 60.5. The van der Waals surface area contributed by atoms with Gasteiger partial charge in [-0.2, -0.15) is 0 Å². The number of carbonyl (C=O) groups excluding carboxylic acids is 9. The van der Waals surface area contributed by atoms with Crippen molar-refractivity contribution in [3.8, 4) is 0 Å². The van der Waals surface area contributed by atoms with Crippen molar-refractivity contribution in [2.24, 2.45) is 50.5 Å². The number of primary amides is 1. The summed E-state index contributed by atoms with van der Waals surface area (Å²) in [5.41, 5.74) is 30.3. The van der Waals surface area contributed by atoms with Gasteiger partial charge in [-0.15, -0.1) is 0 Å². The van der Waals surface area contributed by atoms with E-state index < -0.39 is 108 Å². The van der Waals surface area contributed by atoms with Gasteiger partial charge in [0.25, 0.3) is 0 Å². The number of hydrogen-bond acceptors (Lipinski definition) is 12. The molecule has 2 aromatic heterocycles. The second-order valence-corrected chi connectivity index (χ2v) is 19.6. The zero-order valence-corrected chi connectivity index (χ0v) is 44.2. The fourth-order valence-corrected chi connectivity index (χ4v) is 9.28. The Morgan fingerprint density at radius 2 is 1.45 bits per heavy atom. The molecule has 2 aromatic carbocycles. The number of nitrogens with one attached hydrogen (secondary N) is 8. The van der Waals surface area contributed by atoms with Crippen LogP contribution in [0.4, 0.5) is 0 Å². The summed E-state index contributed by atoms with van der Waals surface area (Å²) >= 11 is 6.64. The summed E-state index contributed by atoms with van der Waals surface area (Å²) in [5.74, 6) is -8.73. The molecule has 78 heavy (non-hydrogen) atoms. The summed E-state index contributed by atoms with van der Waals surface area (Å²) < 4.78 is 0. The van der Waals surface area contributed by atoms with Gasteiger partial charge in [0.15, 0.2) is 17.7 Å². The maximum absolute atomic E-state index is 14.9. The SMILES string of the molecule is CC(=O)N[C@H](CCCN=C(N)N)C(=O)N[C@H]1CCCNC(=O)CC[C@@H](C(N)=O)NC(=O)[C@H](Cc2c[nH]c3ccccc23)CC(=O)[C@H](CCCN=C(N)N)CC(=O)[C@@H](Cc2ccccc2Cl)NC(=O)[C@H](Cc2cnc[nH]2)NC1=O.